The van der Waals surface area contributed by atoms with Gasteiger partial charge in [-0.3, -0.25) is 19.4 Å². The molecule has 2 fully saturated rings. The Morgan fingerprint density at radius 1 is 1.32 bits per heavy atom. The van der Waals surface area contributed by atoms with Crippen molar-refractivity contribution in [3.05, 3.63) is 23.9 Å². The molecule has 1 aromatic heterocycles. The largest absolute Gasteiger partial charge is 0.444 e. The van der Waals surface area contributed by atoms with Crippen LogP contribution < -0.4 is 4.90 Å². The molecule has 3 amide bonds. The number of hydrogen-bond acceptors (Lipinski definition) is 7. The lowest BCUT2D eigenvalue weighted by Gasteiger charge is -2.30. The van der Waals surface area contributed by atoms with Gasteiger partial charge in [-0.2, -0.15) is 5.26 Å². The van der Waals surface area contributed by atoms with Crippen LogP contribution in [0.25, 0.3) is 0 Å². The van der Waals surface area contributed by atoms with Crippen molar-refractivity contribution in [1.29, 1.82) is 5.26 Å². The van der Waals surface area contributed by atoms with Crippen molar-refractivity contribution < 1.29 is 19.1 Å². The number of rotatable bonds is 3. The standard InChI is InChI=1S/C21H27N5O4S/c1-14(27)26(18-6-5-15(10-22)11-23-18)16-9-17(19(28)24-7-8-31-13-24)25(12-16)20(29)30-21(2,3)4/h5-6,11,16-17H,7-9,12-13H2,1-4H3/t16-,17-/m0/s1. The second-order valence-corrected chi connectivity index (χ2v) is 9.66. The highest BCUT2D eigenvalue weighted by Crippen LogP contribution is 2.30. The first-order chi connectivity index (χ1) is 14.6. The molecule has 2 aliphatic rings. The fourth-order valence-electron chi connectivity index (χ4n) is 3.76. The highest BCUT2D eigenvalue weighted by atomic mass is 32.2. The first kappa shape index (κ1) is 22.9. The van der Waals surface area contributed by atoms with E-state index in [2.05, 4.69) is 4.98 Å². The molecule has 0 bridgehead atoms. The molecule has 10 heteroatoms. The molecule has 2 atom stereocenters. The van der Waals surface area contributed by atoms with Gasteiger partial charge in [-0.25, -0.2) is 9.78 Å². The Morgan fingerprint density at radius 3 is 2.58 bits per heavy atom. The zero-order valence-electron chi connectivity index (χ0n) is 18.2. The maximum absolute atomic E-state index is 13.2. The summed E-state index contributed by atoms with van der Waals surface area (Å²) in [5.41, 5.74) is -0.324. The van der Waals surface area contributed by atoms with Crippen LogP contribution in [0.5, 0.6) is 0 Å². The lowest BCUT2D eigenvalue weighted by molar-refractivity contribution is -0.134. The maximum Gasteiger partial charge on any atom is 0.411 e. The van der Waals surface area contributed by atoms with Crippen LogP contribution in [0.2, 0.25) is 0 Å². The summed E-state index contributed by atoms with van der Waals surface area (Å²) in [6, 6.07) is 4.04. The van der Waals surface area contributed by atoms with Crippen LogP contribution in [0, 0.1) is 11.3 Å². The number of aromatic nitrogens is 1. The molecule has 0 saturated carbocycles. The molecule has 1 aromatic rings. The van der Waals surface area contributed by atoms with E-state index in [0.29, 0.717) is 30.2 Å². The van der Waals surface area contributed by atoms with Crippen molar-refractivity contribution in [1.82, 2.24) is 14.8 Å². The van der Waals surface area contributed by atoms with Gasteiger partial charge in [0.25, 0.3) is 0 Å². The minimum atomic E-state index is -0.709. The average molecular weight is 446 g/mol. The minimum absolute atomic E-state index is 0.130. The Morgan fingerprint density at radius 2 is 2.06 bits per heavy atom. The van der Waals surface area contributed by atoms with Gasteiger partial charge in [-0.15, -0.1) is 11.8 Å². The van der Waals surface area contributed by atoms with Crippen LogP contribution in [-0.4, -0.2) is 75.1 Å². The van der Waals surface area contributed by atoms with Gasteiger partial charge >= 0.3 is 6.09 Å². The number of carbonyl (C=O) groups excluding carboxylic acids is 3. The molecule has 0 N–H and O–H groups in total. The van der Waals surface area contributed by atoms with Crippen LogP contribution in [-0.2, 0) is 14.3 Å². The molecule has 0 spiro atoms. The normalized spacial score (nSPS) is 21.0. The van der Waals surface area contributed by atoms with Crippen LogP contribution in [0.1, 0.15) is 39.7 Å². The van der Waals surface area contributed by atoms with Gasteiger partial charge in [0.2, 0.25) is 11.8 Å². The molecule has 9 nitrogen and oxygen atoms in total. The molecule has 3 rings (SSSR count). The van der Waals surface area contributed by atoms with Crippen molar-refractivity contribution in [3.8, 4) is 6.07 Å². The summed E-state index contributed by atoms with van der Waals surface area (Å²) >= 11 is 1.67. The number of nitriles is 1. The Balaban J connectivity index is 1.89. The molecule has 2 saturated heterocycles. The van der Waals surface area contributed by atoms with E-state index in [1.807, 2.05) is 6.07 Å². The number of nitrogens with zero attached hydrogens (tertiary/aromatic N) is 5. The van der Waals surface area contributed by atoms with Crippen LogP contribution >= 0.6 is 11.8 Å². The minimum Gasteiger partial charge on any atom is -0.444 e. The highest BCUT2D eigenvalue weighted by molar-refractivity contribution is 7.99. The predicted octanol–water partition coefficient (Wildman–Crippen LogP) is 2.22. The smallest absolute Gasteiger partial charge is 0.411 e. The maximum atomic E-state index is 13.2. The molecular weight excluding hydrogens is 418 g/mol. The lowest BCUT2D eigenvalue weighted by Crippen LogP contribution is -2.48. The van der Waals surface area contributed by atoms with E-state index in [1.54, 1.807) is 49.6 Å². The van der Waals surface area contributed by atoms with Gasteiger partial charge < -0.3 is 9.64 Å². The zero-order valence-corrected chi connectivity index (χ0v) is 19.0. The molecular formula is C21H27N5O4S. The Kier molecular flexibility index (Phi) is 6.74. The fourth-order valence-corrected chi connectivity index (χ4v) is 4.71. The monoisotopic (exact) mass is 445 g/mol. The third-order valence-corrected chi connectivity index (χ3v) is 6.05. The van der Waals surface area contributed by atoms with E-state index >= 15 is 0 Å². The number of amides is 3. The van der Waals surface area contributed by atoms with Gasteiger partial charge in [0.05, 0.1) is 17.5 Å². The first-order valence-corrected chi connectivity index (χ1v) is 11.3. The summed E-state index contributed by atoms with van der Waals surface area (Å²) < 4.78 is 5.55. The van der Waals surface area contributed by atoms with E-state index in [-0.39, 0.29) is 18.4 Å². The Labute approximate surface area is 186 Å². The highest BCUT2D eigenvalue weighted by Gasteiger charge is 2.46. The molecule has 31 heavy (non-hydrogen) atoms. The zero-order chi connectivity index (χ0) is 22.8. The lowest BCUT2D eigenvalue weighted by atomic mass is 10.1. The second kappa shape index (κ2) is 9.14. The first-order valence-electron chi connectivity index (χ1n) is 10.1. The van der Waals surface area contributed by atoms with Gasteiger partial charge in [-0.05, 0) is 39.3 Å². The number of pyridine rings is 1. The number of thioether (sulfide) groups is 1. The number of carbonyl (C=O) groups is 3. The van der Waals surface area contributed by atoms with Gasteiger partial charge in [0, 0.05) is 32.0 Å². The Bertz CT molecular complexity index is 887. The van der Waals surface area contributed by atoms with Crippen molar-refractivity contribution >= 4 is 35.5 Å². The summed E-state index contributed by atoms with van der Waals surface area (Å²) in [5.74, 6) is 1.45. The molecule has 166 valence electrons. The van der Waals surface area contributed by atoms with E-state index in [0.717, 1.165) is 5.75 Å². The third kappa shape index (κ3) is 5.28. The van der Waals surface area contributed by atoms with E-state index in [1.165, 1.54) is 22.9 Å². The van der Waals surface area contributed by atoms with Gasteiger partial charge in [0.1, 0.15) is 23.5 Å². The second-order valence-electron chi connectivity index (χ2n) is 8.58. The predicted molar refractivity (Wildman–Crippen MR) is 116 cm³/mol. The number of ether oxygens (including phenoxy) is 1. The molecule has 0 radical (unpaired) electrons. The summed E-state index contributed by atoms with van der Waals surface area (Å²) in [4.78, 5) is 47.5. The number of likely N-dealkylation sites (tertiary alicyclic amines) is 1. The van der Waals surface area contributed by atoms with E-state index < -0.39 is 23.8 Å². The summed E-state index contributed by atoms with van der Waals surface area (Å²) in [6.07, 6.45) is 1.12. The molecule has 0 aliphatic carbocycles. The summed E-state index contributed by atoms with van der Waals surface area (Å²) in [6.45, 7) is 7.54. The topological polar surface area (TPSA) is 107 Å². The quantitative estimate of drug-likeness (QED) is 0.702. The van der Waals surface area contributed by atoms with Crippen LogP contribution in [0.4, 0.5) is 10.6 Å². The van der Waals surface area contributed by atoms with Gasteiger partial charge in [0.15, 0.2) is 0 Å². The van der Waals surface area contributed by atoms with E-state index in [4.69, 9.17) is 10.00 Å². The SMILES string of the molecule is CC(=O)N(c1ccc(C#N)cn1)[C@H]1C[C@@H](C(=O)N2CCSC2)N(C(=O)OC(C)(C)C)C1. The number of hydrogen-bond donors (Lipinski definition) is 0. The van der Waals surface area contributed by atoms with Crippen LogP contribution in [0.3, 0.4) is 0 Å². The summed E-state index contributed by atoms with van der Waals surface area (Å²) in [7, 11) is 0. The third-order valence-electron chi connectivity index (χ3n) is 5.08. The molecule has 0 aromatic carbocycles. The van der Waals surface area contributed by atoms with E-state index in [9.17, 15) is 14.4 Å². The average Bonchev–Trinajstić information content (AvgIpc) is 3.37. The number of anilines is 1. The fraction of sp³-hybridized carbons (Fsp3) is 0.571. The van der Waals surface area contributed by atoms with Crippen LogP contribution in [0.15, 0.2) is 18.3 Å². The summed E-state index contributed by atoms with van der Waals surface area (Å²) in [5, 5.41) is 9.00. The van der Waals surface area contributed by atoms with Crippen molar-refractivity contribution in [2.75, 3.05) is 29.6 Å². The molecule has 2 aliphatic heterocycles. The van der Waals surface area contributed by atoms with Crippen molar-refractivity contribution in [2.45, 2.75) is 51.8 Å². The van der Waals surface area contributed by atoms with Gasteiger partial charge in [-0.1, -0.05) is 0 Å². The molecule has 3 heterocycles. The van der Waals surface area contributed by atoms with Crippen molar-refractivity contribution in [3.63, 3.8) is 0 Å². The van der Waals surface area contributed by atoms with Crippen molar-refractivity contribution in [2.24, 2.45) is 0 Å². The Hall–Kier alpha value is -2.80. The molecule has 0 unspecified atom stereocenters.